The van der Waals surface area contributed by atoms with E-state index in [1.807, 2.05) is 13.0 Å². The molecule has 0 unspecified atom stereocenters. The van der Waals surface area contributed by atoms with Crippen LogP contribution in [-0.4, -0.2) is 9.97 Å². The van der Waals surface area contributed by atoms with Crippen molar-refractivity contribution < 1.29 is 4.39 Å². The van der Waals surface area contributed by atoms with E-state index >= 15 is 0 Å². The van der Waals surface area contributed by atoms with Gasteiger partial charge in [-0.3, -0.25) is 0 Å². The molecule has 17 heavy (non-hydrogen) atoms. The first-order valence-electron chi connectivity index (χ1n) is 5.09. The fourth-order valence-electron chi connectivity index (χ4n) is 1.39. The molecule has 0 aliphatic carbocycles. The minimum Gasteiger partial charge on any atom is -0.347 e. The molecule has 0 aliphatic rings. The molecule has 1 aromatic heterocycles. The Morgan fingerprint density at radius 1 is 1.35 bits per heavy atom. The van der Waals surface area contributed by atoms with Crippen LogP contribution in [0.3, 0.4) is 0 Å². The first-order valence-corrected chi connectivity index (χ1v) is 6.48. The first-order chi connectivity index (χ1) is 8.13. The maximum absolute atomic E-state index is 12.7. The van der Waals surface area contributed by atoms with E-state index < -0.39 is 0 Å². The van der Waals surface area contributed by atoms with E-state index in [-0.39, 0.29) is 5.82 Å². The molecule has 0 bridgehead atoms. The average molecular weight is 266 g/mol. The lowest BCUT2D eigenvalue weighted by molar-refractivity contribution is 0.626. The summed E-state index contributed by atoms with van der Waals surface area (Å²) in [6.45, 7) is 1.95. The van der Waals surface area contributed by atoms with E-state index in [0.717, 1.165) is 16.4 Å². The molecule has 2 rings (SSSR count). The lowest BCUT2D eigenvalue weighted by Crippen LogP contribution is -1.94. The lowest BCUT2D eigenvalue weighted by Gasteiger charge is -2.03. The third-order valence-corrected chi connectivity index (χ3v) is 3.35. The summed E-state index contributed by atoms with van der Waals surface area (Å²) in [5.41, 5.74) is 1.000. The number of nitrogens with zero attached hydrogens (tertiary/aromatic N) is 1. The van der Waals surface area contributed by atoms with Crippen molar-refractivity contribution in [1.29, 1.82) is 0 Å². The molecule has 0 aliphatic heterocycles. The number of aromatic amines is 1. The summed E-state index contributed by atoms with van der Waals surface area (Å²) < 4.78 is 13.3. The zero-order chi connectivity index (χ0) is 12.3. The topological polar surface area (TPSA) is 28.7 Å². The van der Waals surface area contributed by atoms with Crippen LogP contribution in [0.25, 0.3) is 0 Å². The molecule has 0 radical (unpaired) electrons. The maximum Gasteiger partial charge on any atom is 0.130 e. The summed E-state index contributed by atoms with van der Waals surface area (Å²) in [5.74, 6) is 1.31. The second-order valence-electron chi connectivity index (χ2n) is 3.59. The molecule has 2 nitrogen and oxygen atoms in total. The first kappa shape index (κ1) is 12.3. The van der Waals surface area contributed by atoms with E-state index in [9.17, 15) is 4.39 Å². The van der Waals surface area contributed by atoms with Gasteiger partial charge in [0.25, 0.3) is 0 Å². The van der Waals surface area contributed by atoms with Gasteiger partial charge in [0.2, 0.25) is 0 Å². The van der Waals surface area contributed by atoms with E-state index in [1.54, 1.807) is 23.9 Å². The monoisotopic (exact) mass is 266 g/mol. The highest BCUT2D eigenvalue weighted by Crippen LogP contribution is 2.21. The number of hydrogen-bond acceptors (Lipinski definition) is 3. The highest BCUT2D eigenvalue weighted by molar-refractivity contribution is 7.98. The van der Waals surface area contributed by atoms with Crippen LogP contribution >= 0.6 is 24.0 Å². The highest BCUT2D eigenvalue weighted by atomic mass is 32.2. The van der Waals surface area contributed by atoms with Crippen LogP contribution in [0.4, 0.5) is 4.39 Å². The Hall–Kier alpha value is -1.20. The van der Waals surface area contributed by atoms with Gasteiger partial charge in [0.15, 0.2) is 0 Å². The summed E-state index contributed by atoms with van der Waals surface area (Å²) >= 11 is 6.64. The van der Waals surface area contributed by atoms with E-state index in [1.165, 1.54) is 12.1 Å². The number of H-pyrrole nitrogens is 1. The van der Waals surface area contributed by atoms with Gasteiger partial charge in [-0.2, -0.15) is 0 Å². The standard InChI is InChI=1S/C12H11FN2S2/c1-8-6-12(16)15-11(14-8)7-17-10-4-2-9(13)3-5-10/h2-6H,7H2,1H3,(H,14,15,16). The Labute approximate surface area is 108 Å². The Morgan fingerprint density at radius 2 is 2.06 bits per heavy atom. The Bertz CT molecular complexity index is 563. The minimum absolute atomic E-state index is 0.220. The molecular formula is C12H11FN2S2. The van der Waals surface area contributed by atoms with Crippen molar-refractivity contribution in [3.05, 3.63) is 52.3 Å². The number of halogens is 1. The van der Waals surface area contributed by atoms with Crippen LogP contribution in [0.15, 0.2) is 35.2 Å². The third-order valence-electron chi connectivity index (χ3n) is 2.12. The predicted octanol–water partition coefficient (Wildman–Crippen LogP) is 3.88. The van der Waals surface area contributed by atoms with Crippen molar-refractivity contribution in [2.24, 2.45) is 0 Å². The molecule has 5 heteroatoms. The molecule has 0 fully saturated rings. The van der Waals surface area contributed by atoms with Crippen LogP contribution in [0.2, 0.25) is 0 Å². The molecular weight excluding hydrogens is 255 g/mol. The van der Waals surface area contributed by atoms with E-state index in [4.69, 9.17) is 12.2 Å². The number of rotatable bonds is 3. The van der Waals surface area contributed by atoms with Gasteiger partial charge in [0, 0.05) is 10.6 Å². The quantitative estimate of drug-likeness (QED) is 0.675. The van der Waals surface area contributed by atoms with Gasteiger partial charge < -0.3 is 4.98 Å². The van der Waals surface area contributed by atoms with E-state index in [0.29, 0.717) is 10.4 Å². The van der Waals surface area contributed by atoms with Gasteiger partial charge >= 0.3 is 0 Å². The van der Waals surface area contributed by atoms with Gasteiger partial charge in [0.1, 0.15) is 16.3 Å². The van der Waals surface area contributed by atoms with Gasteiger partial charge in [-0.15, -0.1) is 11.8 Å². The highest BCUT2D eigenvalue weighted by Gasteiger charge is 1.99. The molecule has 1 heterocycles. The summed E-state index contributed by atoms with van der Waals surface area (Å²) in [6.07, 6.45) is 0. The van der Waals surface area contributed by atoms with Crippen molar-refractivity contribution in [3.8, 4) is 0 Å². The SMILES string of the molecule is Cc1cc(=S)nc(CSc2ccc(F)cc2)[nH]1. The Kier molecular flexibility index (Phi) is 3.91. The smallest absolute Gasteiger partial charge is 0.130 e. The second kappa shape index (κ2) is 5.42. The fraction of sp³-hybridized carbons (Fsp3) is 0.167. The van der Waals surface area contributed by atoms with Crippen molar-refractivity contribution >= 4 is 24.0 Å². The summed E-state index contributed by atoms with van der Waals surface area (Å²) in [5, 5.41) is 0. The normalized spacial score (nSPS) is 10.5. The number of thioether (sulfide) groups is 1. The van der Waals surface area contributed by atoms with E-state index in [2.05, 4.69) is 9.97 Å². The Balaban J connectivity index is 2.07. The van der Waals surface area contributed by atoms with Crippen molar-refractivity contribution in [1.82, 2.24) is 9.97 Å². The zero-order valence-electron chi connectivity index (χ0n) is 9.24. The number of benzene rings is 1. The number of aryl methyl sites for hydroxylation is 1. The molecule has 0 saturated carbocycles. The van der Waals surface area contributed by atoms with Gasteiger partial charge in [-0.1, -0.05) is 12.2 Å². The number of nitrogens with one attached hydrogen (secondary N) is 1. The van der Waals surface area contributed by atoms with Crippen molar-refractivity contribution in [2.75, 3.05) is 0 Å². The van der Waals surface area contributed by atoms with Crippen LogP contribution in [0.1, 0.15) is 11.5 Å². The second-order valence-corrected chi connectivity index (χ2v) is 5.06. The predicted molar refractivity (Wildman–Crippen MR) is 70.1 cm³/mol. The largest absolute Gasteiger partial charge is 0.347 e. The molecule has 2 aromatic rings. The summed E-state index contributed by atoms with van der Waals surface area (Å²) in [6, 6.07) is 8.23. The Morgan fingerprint density at radius 3 is 2.71 bits per heavy atom. The molecule has 88 valence electrons. The fourth-order valence-corrected chi connectivity index (χ4v) is 2.45. The van der Waals surface area contributed by atoms with Gasteiger partial charge in [0.05, 0.1) is 5.75 Å². The molecule has 0 amide bonds. The van der Waals surface area contributed by atoms with Gasteiger partial charge in [-0.25, -0.2) is 9.37 Å². The number of aromatic nitrogens is 2. The minimum atomic E-state index is -0.220. The summed E-state index contributed by atoms with van der Waals surface area (Å²) in [7, 11) is 0. The third kappa shape index (κ3) is 3.64. The maximum atomic E-state index is 12.7. The average Bonchev–Trinajstić information content (AvgIpc) is 2.27. The van der Waals surface area contributed by atoms with Crippen LogP contribution < -0.4 is 0 Å². The lowest BCUT2D eigenvalue weighted by atomic mass is 10.4. The van der Waals surface area contributed by atoms with Gasteiger partial charge in [-0.05, 0) is 37.3 Å². The zero-order valence-corrected chi connectivity index (χ0v) is 10.9. The number of hydrogen-bond donors (Lipinski definition) is 1. The van der Waals surface area contributed by atoms with Crippen LogP contribution in [0, 0.1) is 17.4 Å². The molecule has 0 atom stereocenters. The molecule has 0 saturated heterocycles. The van der Waals surface area contributed by atoms with Crippen LogP contribution in [0.5, 0.6) is 0 Å². The van der Waals surface area contributed by atoms with Crippen molar-refractivity contribution in [2.45, 2.75) is 17.6 Å². The molecule has 0 spiro atoms. The molecule has 1 N–H and O–H groups in total. The van der Waals surface area contributed by atoms with Crippen molar-refractivity contribution in [3.63, 3.8) is 0 Å². The summed E-state index contributed by atoms with van der Waals surface area (Å²) in [4.78, 5) is 8.40. The van der Waals surface area contributed by atoms with Crippen LogP contribution in [-0.2, 0) is 5.75 Å². The molecule has 1 aromatic carbocycles.